The molecule has 1 heterocycles. The van der Waals surface area contributed by atoms with Crippen LogP contribution in [0.25, 0.3) is 0 Å². The van der Waals surface area contributed by atoms with Crippen molar-refractivity contribution in [3.05, 3.63) is 83.4 Å². The number of hydrogen-bond donors (Lipinski definition) is 1. The maximum Gasteiger partial charge on any atom is 0.416 e. The predicted molar refractivity (Wildman–Crippen MR) is 132 cm³/mol. The first-order chi connectivity index (χ1) is 16.7. The molecule has 2 aromatic carbocycles. The van der Waals surface area contributed by atoms with Crippen LogP contribution in [0.2, 0.25) is 0 Å². The first kappa shape index (κ1) is 28.2. The van der Waals surface area contributed by atoms with Crippen molar-refractivity contribution >= 4 is 34.7 Å². The summed E-state index contributed by atoms with van der Waals surface area (Å²) in [5.74, 6) is -0.130. The first-order valence-corrected chi connectivity index (χ1v) is 11.9. The summed E-state index contributed by atoms with van der Waals surface area (Å²) in [6, 6.07) is 10.2. The van der Waals surface area contributed by atoms with Gasteiger partial charge in [0, 0.05) is 12.6 Å². The molecular formula is C25H23F6IN2O2. The standard InChI is InChI=1S/C25H23F6IN2O2/c1-3-22(18-7-5-4-6-8-18,33-14-23(32)10-9-21(35)34-23)15-36-16(2)17-11-19(24(26,27)28)13-20(12-17)25(29,30)31/h3-8,11-14,16H,1,9-10,15H2,2H3,(H,34,35)/t16-,22-,23+/m1/s1. The van der Waals surface area contributed by atoms with Gasteiger partial charge in [-0.3, -0.25) is 9.79 Å². The number of ether oxygens (including phenoxy) is 1. The maximum absolute atomic E-state index is 13.3. The number of carbonyl (C=O) groups is 1. The molecule has 1 N–H and O–H groups in total. The number of benzene rings is 2. The van der Waals surface area contributed by atoms with Gasteiger partial charge in [0.05, 0.1) is 23.8 Å². The second-order valence-corrected chi connectivity index (χ2v) is 10.4. The molecule has 1 aliphatic rings. The summed E-state index contributed by atoms with van der Waals surface area (Å²) in [5, 5.41) is 2.82. The molecule has 1 saturated heterocycles. The van der Waals surface area contributed by atoms with Crippen molar-refractivity contribution in [2.45, 2.75) is 47.3 Å². The average molecular weight is 624 g/mol. The van der Waals surface area contributed by atoms with Crippen LogP contribution in [0.1, 0.15) is 48.1 Å². The molecule has 3 rings (SSSR count). The van der Waals surface area contributed by atoms with Crippen molar-refractivity contribution in [3.63, 3.8) is 0 Å². The molecule has 0 radical (unpaired) electrons. The van der Waals surface area contributed by atoms with Crippen LogP contribution in [0.4, 0.5) is 26.3 Å². The highest BCUT2D eigenvalue weighted by Gasteiger charge is 2.38. The van der Waals surface area contributed by atoms with Crippen LogP contribution >= 0.6 is 22.6 Å². The zero-order chi connectivity index (χ0) is 26.8. The van der Waals surface area contributed by atoms with Gasteiger partial charge >= 0.3 is 12.4 Å². The molecule has 0 aromatic heterocycles. The van der Waals surface area contributed by atoms with Crippen LogP contribution in [-0.4, -0.2) is 22.3 Å². The normalized spacial score (nSPS) is 21.3. The Morgan fingerprint density at radius 1 is 1.08 bits per heavy atom. The van der Waals surface area contributed by atoms with Crippen LogP contribution in [0, 0.1) is 0 Å². The molecule has 0 unspecified atom stereocenters. The lowest BCUT2D eigenvalue weighted by Crippen LogP contribution is -2.38. The summed E-state index contributed by atoms with van der Waals surface area (Å²) in [6.07, 6.45) is -7.18. The van der Waals surface area contributed by atoms with Crippen molar-refractivity contribution in [3.8, 4) is 0 Å². The van der Waals surface area contributed by atoms with Crippen LogP contribution in [-0.2, 0) is 27.4 Å². The molecule has 11 heteroatoms. The molecule has 2 aromatic rings. The Balaban J connectivity index is 1.95. The third kappa shape index (κ3) is 6.67. The lowest BCUT2D eigenvalue weighted by atomic mass is 9.91. The minimum absolute atomic E-state index is 0.0776. The number of amides is 1. The fourth-order valence-electron chi connectivity index (χ4n) is 3.68. The minimum atomic E-state index is -4.96. The summed E-state index contributed by atoms with van der Waals surface area (Å²) in [7, 11) is 0. The summed E-state index contributed by atoms with van der Waals surface area (Å²) in [4.78, 5) is 16.4. The van der Waals surface area contributed by atoms with Gasteiger partial charge in [-0.25, -0.2) is 0 Å². The number of nitrogens with one attached hydrogen (secondary N) is 1. The minimum Gasteiger partial charge on any atom is -0.371 e. The molecule has 1 amide bonds. The molecule has 3 atom stereocenters. The Kier molecular flexibility index (Phi) is 8.23. The molecule has 1 fully saturated rings. The van der Waals surface area contributed by atoms with E-state index in [1.54, 1.807) is 36.5 Å². The largest absolute Gasteiger partial charge is 0.416 e. The lowest BCUT2D eigenvalue weighted by Gasteiger charge is -2.30. The Morgan fingerprint density at radius 3 is 2.14 bits per heavy atom. The molecule has 194 valence electrons. The molecule has 4 nitrogen and oxygen atoms in total. The Hall–Kier alpha value is -2.41. The highest BCUT2D eigenvalue weighted by Crippen LogP contribution is 2.39. The van der Waals surface area contributed by atoms with E-state index in [2.05, 4.69) is 39.5 Å². The van der Waals surface area contributed by atoms with Crippen LogP contribution in [0.15, 0.2) is 66.2 Å². The fraction of sp³-hybridized carbons (Fsp3) is 0.360. The Bertz CT molecular complexity index is 1100. The Morgan fingerprint density at radius 2 is 1.67 bits per heavy atom. The van der Waals surface area contributed by atoms with E-state index in [1.807, 2.05) is 0 Å². The first-order valence-electron chi connectivity index (χ1n) is 10.8. The Labute approximate surface area is 218 Å². The van der Waals surface area contributed by atoms with Gasteiger partial charge in [-0.2, -0.15) is 26.3 Å². The van der Waals surface area contributed by atoms with E-state index in [4.69, 9.17) is 4.74 Å². The highest BCUT2D eigenvalue weighted by molar-refractivity contribution is 14.1. The molecule has 36 heavy (non-hydrogen) atoms. The van der Waals surface area contributed by atoms with Crippen LogP contribution in [0.5, 0.6) is 0 Å². The molecule has 0 bridgehead atoms. The van der Waals surface area contributed by atoms with Crippen molar-refractivity contribution in [2.75, 3.05) is 6.61 Å². The van der Waals surface area contributed by atoms with Gasteiger partial charge in [-0.1, -0.05) is 36.4 Å². The van der Waals surface area contributed by atoms with Crippen molar-refractivity contribution in [1.82, 2.24) is 5.32 Å². The van der Waals surface area contributed by atoms with Crippen LogP contribution in [0.3, 0.4) is 0 Å². The summed E-state index contributed by atoms with van der Waals surface area (Å²) in [5.41, 5.74) is -3.67. The molecule has 0 saturated carbocycles. The fourth-order valence-corrected chi connectivity index (χ4v) is 4.39. The van der Waals surface area contributed by atoms with Crippen molar-refractivity contribution in [1.29, 1.82) is 0 Å². The number of aliphatic imine (C=N–C) groups is 1. The van der Waals surface area contributed by atoms with Gasteiger partial charge in [0.1, 0.15) is 9.08 Å². The van der Waals surface area contributed by atoms with Gasteiger partial charge in [0.2, 0.25) is 5.91 Å². The molecular weight excluding hydrogens is 601 g/mol. The molecule has 0 spiro atoms. The van der Waals surface area contributed by atoms with Crippen molar-refractivity contribution in [2.24, 2.45) is 4.99 Å². The second kappa shape index (κ2) is 10.5. The number of hydrogen-bond acceptors (Lipinski definition) is 3. The van der Waals surface area contributed by atoms with E-state index in [1.165, 1.54) is 13.0 Å². The predicted octanol–water partition coefficient (Wildman–Crippen LogP) is 7.00. The van der Waals surface area contributed by atoms with Gasteiger partial charge < -0.3 is 10.1 Å². The van der Waals surface area contributed by atoms with Crippen LogP contribution < -0.4 is 5.32 Å². The monoisotopic (exact) mass is 624 g/mol. The summed E-state index contributed by atoms with van der Waals surface area (Å²) >= 11 is 2.06. The quantitative estimate of drug-likeness (QED) is 0.0860. The van der Waals surface area contributed by atoms with E-state index < -0.39 is 38.7 Å². The highest BCUT2D eigenvalue weighted by atomic mass is 127. The zero-order valence-electron chi connectivity index (χ0n) is 19.1. The van der Waals surface area contributed by atoms with E-state index in [0.29, 0.717) is 30.5 Å². The van der Waals surface area contributed by atoms with E-state index >= 15 is 0 Å². The number of halogens is 7. The number of nitrogens with zero attached hydrogens (tertiary/aromatic N) is 1. The molecule has 1 aliphatic heterocycles. The smallest absolute Gasteiger partial charge is 0.371 e. The lowest BCUT2D eigenvalue weighted by molar-refractivity contribution is -0.143. The summed E-state index contributed by atoms with van der Waals surface area (Å²) in [6.45, 7) is 5.00. The SMILES string of the molecule is C=C[C@](CO[C@H](C)c1cc(C(F)(F)F)cc(C(F)(F)F)c1)(N=C[C@]1(I)CCC(=O)N1)c1ccccc1. The maximum atomic E-state index is 13.3. The van der Waals surface area contributed by atoms with E-state index in [-0.39, 0.29) is 24.1 Å². The number of carbonyl (C=O) groups excluding carboxylic acids is 1. The van der Waals surface area contributed by atoms with Gasteiger partial charge in [0.25, 0.3) is 0 Å². The average Bonchev–Trinajstić information content (AvgIpc) is 3.17. The summed E-state index contributed by atoms with van der Waals surface area (Å²) < 4.78 is 84.8. The van der Waals surface area contributed by atoms with Gasteiger partial charge in [0.15, 0.2) is 0 Å². The third-order valence-electron chi connectivity index (χ3n) is 5.81. The topological polar surface area (TPSA) is 50.7 Å². The van der Waals surface area contributed by atoms with E-state index in [9.17, 15) is 31.1 Å². The molecule has 0 aliphatic carbocycles. The number of alkyl halides is 7. The van der Waals surface area contributed by atoms with Gasteiger partial charge in [-0.05, 0) is 65.3 Å². The van der Waals surface area contributed by atoms with Gasteiger partial charge in [-0.15, -0.1) is 6.58 Å². The second-order valence-electron chi connectivity index (χ2n) is 8.46. The number of rotatable bonds is 8. The zero-order valence-corrected chi connectivity index (χ0v) is 21.2. The third-order valence-corrected chi connectivity index (χ3v) is 6.89. The van der Waals surface area contributed by atoms with E-state index in [0.717, 1.165) is 0 Å². The van der Waals surface area contributed by atoms with Crippen molar-refractivity contribution < 1.29 is 35.9 Å².